The van der Waals surface area contributed by atoms with Crippen LogP contribution in [-0.2, 0) is 16.4 Å². The summed E-state index contributed by atoms with van der Waals surface area (Å²) in [5, 5.41) is 6.55. The second-order valence-corrected chi connectivity index (χ2v) is 9.82. The first-order valence-electron chi connectivity index (χ1n) is 10.8. The van der Waals surface area contributed by atoms with E-state index in [2.05, 4.69) is 25.2 Å². The van der Waals surface area contributed by atoms with Gasteiger partial charge >= 0.3 is 0 Å². The van der Waals surface area contributed by atoms with Gasteiger partial charge in [0.15, 0.2) is 11.5 Å². The van der Waals surface area contributed by atoms with Crippen molar-refractivity contribution < 1.29 is 22.5 Å². The van der Waals surface area contributed by atoms with Crippen LogP contribution < -0.4 is 14.8 Å². The molecular formula is C24H21N5O5S. The zero-order valence-electron chi connectivity index (χ0n) is 18.8. The van der Waals surface area contributed by atoms with Crippen LogP contribution in [0.4, 0.5) is 11.6 Å². The Morgan fingerprint density at radius 3 is 2.66 bits per heavy atom. The molecule has 2 N–H and O–H groups in total. The highest BCUT2D eigenvalue weighted by molar-refractivity contribution is 7.92. The highest BCUT2D eigenvalue weighted by Crippen LogP contribution is 2.33. The summed E-state index contributed by atoms with van der Waals surface area (Å²) in [6.07, 6.45) is 2.40. The van der Waals surface area contributed by atoms with Gasteiger partial charge in [0.05, 0.1) is 4.90 Å². The van der Waals surface area contributed by atoms with Crippen LogP contribution in [0, 0.1) is 6.92 Å². The third kappa shape index (κ3) is 4.85. The molecule has 1 atom stereocenters. The lowest BCUT2D eigenvalue weighted by Crippen LogP contribution is -2.16. The molecule has 3 heterocycles. The average Bonchev–Trinajstić information content (AvgIpc) is 3.45. The van der Waals surface area contributed by atoms with Crippen molar-refractivity contribution in [1.29, 1.82) is 0 Å². The van der Waals surface area contributed by atoms with Crippen LogP contribution in [0.3, 0.4) is 0 Å². The Morgan fingerprint density at radius 2 is 1.89 bits per heavy atom. The summed E-state index contributed by atoms with van der Waals surface area (Å²) in [6.45, 7) is 3.74. The van der Waals surface area contributed by atoms with Gasteiger partial charge in [0.25, 0.3) is 15.9 Å². The Bertz CT molecular complexity index is 1520. The van der Waals surface area contributed by atoms with Crippen LogP contribution in [0.25, 0.3) is 11.3 Å². The molecule has 0 spiro atoms. The van der Waals surface area contributed by atoms with Crippen LogP contribution in [-0.4, -0.2) is 35.6 Å². The van der Waals surface area contributed by atoms with E-state index >= 15 is 0 Å². The van der Waals surface area contributed by atoms with E-state index in [9.17, 15) is 13.2 Å². The number of rotatable bonds is 6. The Kier molecular flexibility index (Phi) is 5.69. The second-order valence-electron chi connectivity index (χ2n) is 8.14. The van der Waals surface area contributed by atoms with E-state index in [1.165, 1.54) is 30.5 Å². The highest BCUT2D eigenvalue weighted by atomic mass is 32.2. The Morgan fingerprint density at radius 1 is 1.09 bits per heavy atom. The SMILES string of the molecule is Cc1ccnc(NS(=O)(=O)c2ccc(NC(=O)c3cc(-c4ccc5c(c4)C[C@@H](C)O5)on3)cc2)n1. The zero-order valence-corrected chi connectivity index (χ0v) is 19.7. The third-order valence-electron chi connectivity index (χ3n) is 5.37. The molecule has 1 amide bonds. The molecule has 0 unspecified atom stereocenters. The lowest BCUT2D eigenvalue weighted by atomic mass is 10.1. The van der Waals surface area contributed by atoms with Crippen molar-refractivity contribution in [3.05, 3.63) is 77.7 Å². The summed E-state index contributed by atoms with van der Waals surface area (Å²) in [5.41, 5.74) is 3.00. The van der Waals surface area contributed by atoms with Crippen molar-refractivity contribution >= 4 is 27.6 Å². The summed E-state index contributed by atoms with van der Waals surface area (Å²) in [6, 6.07) is 14.6. The molecule has 35 heavy (non-hydrogen) atoms. The largest absolute Gasteiger partial charge is 0.490 e. The molecule has 0 fully saturated rings. The molecule has 4 aromatic rings. The summed E-state index contributed by atoms with van der Waals surface area (Å²) >= 11 is 0. The summed E-state index contributed by atoms with van der Waals surface area (Å²) < 4.78 is 38.6. The number of nitrogens with one attached hydrogen (secondary N) is 2. The van der Waals surface area contributed by atoms with Crippen molar-refractivity contribution in [1.82, 2.24) is 15.1 Å². The standard InChI is InChI=1S/C24H21N5O5S/c1-14-9-10-25-24(26-14)29-35(31,32)19-6-4-18(5-7-19)27-23(30)20-13-22(34-28-20)16-3-8-21-17(12-16)11-15(2)33-21/h3-10,12-13,15H,11H2,1-2H3,(H,27,30)(H,25,26,29)/t15-/m1/s1. The fraction of sp³-hybridized carbons (Fsp3) is 0.167. The smallest absolute Gasteiger partial charge is 0.277 e. The van der Waals surface area contributed by atoms with E-state index < -0.39 is 15.9 Å². The third-order valence-corrected chi connectivity index (χ3v) is 6.71. The molecule has 0 aliphatic carbocycles. The number of aromatic nitrogens is 3. The molecule has 1 aliphatic rings. The van der Waals surface area contributed by atoms with E-state index in [-0.39, 0.29) is 22.6 Å². The van der Waals surface area contributed by atoms with Crippen LogP contribution in [0.2, 0.25) is 0 Å². The van der Waals surface area contributed by atoms with Gasteiger partial charge in [-0.15, -0.1) is 0 Å². The molecule has 0 saturated heterocycles. The zero-order chi connectivity index (χ0) is 24.6. The minimum atomic E-state index is -3.89. The van der Waals surface area contributed by atoms with Crippen molar-refractivity contribution in [2.75, 3.05) is 10.0 Å². The molecule has 0 bridgehead atoms. The molecule has 0 saturated carbocycles. The van der Waals surface area contributed by atoms with Crippen molar-refractivity contribution in [2.24, 2.45) is 0 Å². The molecule has 2 aromatic carbocycles. The maximum atomic E-state index is 12.6. The van der Waals surface area contributed by atoms with Gasteiger partial charge in [0.2, 0.25) is 5.95 Å². The number of nitrogens with zero attached hydrogens (tertiary/aromatic N) is 3. The average molecular weight is 492 g/mol. The van der Waals surface area contributed by atoms with Gasteiger partial charge in [0.1, 0.15) is 11.9 Å². The number of sulfonamides is 1. The second kappa shape index (κ2) is 8.84. The normalized spacial score (nSPS) is 14.7. The van der Waals surface area contributed by atoms with Gasteiger partial charge in [-0.2, -0.15) is 0 Å². The lowest BCUT2D eigenvalue weighted by Gasteiger charge is -2.08. The topological polar surface area (TPSA) is 136 Å². The molecule has 0 radical (unpaired) electrons. The highest BCUT2D eigenvalue weighted by Gasteiger charge is 2.21. The van der Waals surface area contributed by atoms with Crippen molar-refractivity contribution in [2.45, 2.75) is 31.3 Å². The number of carbonyl (C=O) groups excluding carboxylic acids is 1. The number of aryl methyl sites for hydroxylation is 1. The van der Waals surface area contributed by atoms with E-state index in [0.717, 1.165) is 23.3 Å². The molecule has 1 aliphatic heterocycles. The van der Waals surface area contributed by atoms with E-state index in [0.29, 0.717) is 17.1 Å². The number of fused-ring (bicyclic) bond motifs is 1. The predicted octanol–water partition coefficient (Wildman–Crippen LogP) is 3.82. The van der Waals surface area contributed by atoms with Gasteiger partial charge in [-0.1, -0.05) is 5.16 Å². The monoisotopic (exact) mass is 491 g/mol. The molecule has 5 rings (SSSR count). The molecule has 2 aromatic heterocycles. The number of amides is 1. The Labute approximate surface area is 201 Å². The van der Waals surface area contributed by atoms with E-state index in [4.69, 9.17) is 9.26 Å². The van der Waals surface area contributed by atoms with Gasteiger partial charge in [-0.25, -0.2) is 23.1 Å². The van der Waals surface area contributed by atoms with Crippen LogP contribution in [0.15, 0.2) is 70.2 Å². The first-order chi connectivity index (χ1) is 16.8. The van der Waals surface area contributed by atoms with Crippen LogP contribution in [0.1, 0.15) is 28.7 Å². The van der Waals surface area contributed by atoms with Gasteiger partial charge in [0, 0.05) is 35.6 Å². The number of ether oxygens (including phenoxy) is 1. The minimum absolute atomic E-state index is 0.000708. The quantitative estimate of drug-likeness (QED) is 0.415. The number of anilines is 2. The summed E-state index contributed by atoms with van der Waals surface area (Å²) in [7, 11) is -3.89. The predicted molar refractivity (Wildman–Crippen MR) is 128 cm³/mol. The fourth-order valence-corrected chi connectivity index (χ4v) is 4.63. The van der Waals surface area contributed by atoms with E-state index in [1.54, 1.807) is 19.1 Å². The number of carbonyl (C=O) groups is 1. The van der Waals surface area contributed by atoms with E-state index in [1.807, 2.05) is 25.1 Å². The maximum absolute atomic E-state index is 12.6. The first-order valence-corrected chi connectivity index (χ1v) is 12.3. The van der Waals surface area contributed by atoms with Crippen LogP contribution >= 0.6 is 0 Å². The van der Waals surface area contributed by atoms with Gasteiger partial charge in [-0.3, -0.25) is 4.79 Å². The number of benzene rings is 2. The number of hydrogen-bond acceptors (Lipinski definition) is 8. The lowest BCUT2D eigenvalue weighted by molar-refractivity contribution is 0.101. The molecular weight excluding hydrogens is 470 g/mol. The van der Waals surface area contributed by atoms with Crippen molar-refractivity contribution in [3.63, 3.8) is 0 Å². The van der Waals surface area contributed by atoms with Crippen molar-refractivity contribution in [3.8, 4) is 17.1 Å². The Hall–Kier alpha value is -4.25. The first kappa shape index (κ1) is 22.5. The molecule has 10 nitrogen and oxygen atoms in total. The molecule has 11 heteroatoms. The maximum Gasteiger partial charge on any atom is 0.277 e. The van der Waals surface area contributed by atoms with Gasteiger partial charge in [-0.05, 0) is 67.9 Å². The minimum Gasteiger partial charge on any atom is -0.490 e. The summed E-state index contributed by atoms with van der Waals surface area (Å²) in [4.78, 5) is 20.6. The number of hydrogen-bond donors (Lipinski definition) is 2. The van der Waals surface area contributed by atoms with Gasteiger partial charge < -0.3 is 14.6 Å². The van der Waals surface area contributed by atoms with Crippen LogP contribution in [0.5, 0.6) is 5.75 Å². The Balaban J connectivity index is 1.26. The summed E-state index contributed by atoms with van der Waals surface area (Å²) in [5.74, 6) is 0.809. The fourth-order valence-electron chi connectivity index (χ4n) is 3.68. The molecule has 178 valence electrons.